The van der Waals surface area contributed by atoms with Gasteiger partial charge in [-0.15, -0.1) is 0 Å². The Morgan fingerprint density at radius 3 is 2.42 bits per heavy atom. The van der Waals surface area contributed by atoms with Gasteiger partial charge in [0, 0.05) is 16.7 Å². The summed E-state index contributed by atoms with van der Waals surface area (Å²) in [5, 5.41) is 3.84. The number of para-hydroxylation sites is 2. The summed E-state index contributed by atoms with van der Waals surface area (Å²) in [6.45, 7) is 3.91. The highest BCUT2D eigenvalue weighted by Gasteiger charge is 2.11. The van der Waals surface area contributed by atoms with Gasteiger partial charge in [-0.1, -0.05) is 30.0 Å². The summed E-state index contributed by atoms with van der Waals surface area (Å²) in [7, 11) is 0. The summed E-state index contributed by atoms with van der Waals surface area (Å²) in [6.07, 6.45) is 1.80. The molecule has 0 unspecified atom stereocenters. The van der Waals surface area contributed by atoms with Crippen LogP contribution in [0.1, 0.15) is 24.2 Å². The molecule has 1 aromatic heterocycles. The molecule has 0 saturated heterocycles. The second-order valence-electron chi connectivity index (χ2n) is 5.91. The Hall–Kier alpha value is -2.79. The standard InChI is InChI=1S/C21H20N2O2S/c1-15(2)25-19-8-4-3-7-18(19)23-21(24)16-10-12-17(13-11-16)26-20-9-5-6-14-22-20/h3-15H,1-2H3,(H,23,24). The largest absolute Gasteiger partial charge is 0.489 e. The fraction of sp³-hybridized carbons (Fsp3) is 0.143. The van der Waals surface area contributed by atoms with Gasteiger partial charge in [0.15, 0.2) is 0 Å². The molecule has 0 saturated carbocycles. The highest BCUT2D eigenvalue weighted by Crippen LogP contribution is 2.27. The van der Waals surface area contributed by atoms with Crippen LogP contribution in [0.25, 0.3) is 0 Å². The zero-order chi connectivity index (χ0) is 18.4. The molecule has 0 radical (unpaired) electrons. The maximum absolute atomic E-state index is 12.5. The molecule has 0 fully saturated rings. The molecule has 132 valence electrons. The van der Waals surface area contributed by atoms with Crippen LogP contribution in [0.15, 0.2) is 82.8 Å². The predicted molar refractivity (Wildman–Crippen MR) is 105 cm³/mol. The lowest BCUT2D eigenvalue weighted by Crippen LogP contribution is -2.14. The van der Waals surface area contributed by atoms with Crippen molar-refractivity contribution in [3.8, 4) is 5.75 Å². The number of carbonyl (C=O) groups is 1. The van der Waals surface area contributed by atoms with Gasteiger partial charge in [-0.25, -0.2) is 4.98 Å². The van der Waals surface area contributed by atoms with Crippen LogP contribution < -0.4 is 10.1 Å². The molecule has 0 bridgehead atoms. The van der Waals surface area contributed by atoms with E-state index in [1.165, 1.54) is 0 Å². The number of hydrogen-bond donors (Lipinski definition) is 1. The summed E-state index contributed by atoms with van der Waals surface area (Å²) < 4.78 is 5.74. The smallest absolute Gasteiger partial charge is 0.255 e. The van der Waals surface area contributed by atoms with Crippen LogP contribution in [-0.2, 0) is 0 Å². The highest BCUT2D eigenvalue weighted by atomic mass is 32.2. The number of ether oxygens (including phenoxy) is 1. The molecule has 0 spiro atoms. The first-order valence-electron chi connectivity index (χ1n) is 8.38. The Balaban J connectivity index is 1.69. The van der Waals surface area contributed by atoms with E-state index in [0.29, 0.717) is 17.0 Å². The fourth-order valence-electron chi connectivity index (χ4n) is 2.32. The van der Waals surface area contributed by atoms with Crippen molar-refractivity contribution in [1.82, 2.24) is 4.98 Å². The van der Waals surface area contributed by atoms with Gasteiger partial charge >= 0.3 is 0 Å². The quantitative estimate of drug-likeness (QED) is 0.647. The maximum atomic E-state index is 12.5. The number of pyridine rings is 1. The Kier molecular flexibility index (Phi) is 5.92. The van der Waals surface area contributed by atoms with E-state index in [9.17, 15) is 4.79 Å². The third-order valence-electron chi connectivity index (χ3n) is 3.47. The maximum Gasteiger partial charge on any atom is 0.255 e. The van der Waals surface area contributed by atoms with E-state index in [1.54, 1.807) is 18.0 Å². The molecule has 0 aliphatic rings. The number of carbonyl (C=O) groups excluding carboxylic acids is 1. The van der Waals surface area contributed by atoms with Gasteiger partial charge in [-0.2, -0.15) is 0 Å². The predicted octanol–water partition coefficient (Wildman–Crippen LogP) is 5.27. The van der Waals surface area contributed by atoms with E-state index in [-0.39, 0.29) is 12.0 Å². The van der Waals surface area contributed by atoms with E-state index in [4.69, 9.17) is 4.74 Å². The normalized spacial score (nSPS) is 10.6. The first kappa shape index (κ1) is 18.0. The highest BCUT2D eigenvalue weighted by molar-refractivity contribution is 7.99. The number of hydrogen-bond acceptors (Lipinski definition) is 4. The van der Waals surface area contributed by atoms with Gasteiger partial charge in [-0.3, -0.25) is 4.79 Å². The van der Waals surface area contributed by atoms with Crippen LogP contribution in [0.5, 0.6) is 5.75 Å². The van der Waals surface area contributed by atoms with Gasteiger partial charge in [-0.05, 0) is 62.4 Å². The summed E-state index contributed by atoms with van der Waals surface area (Å²) >= 11 is 1.56. The SMILES string of the molecule is CC(C)Oc1ccccc1NC(=O)c1ccc(Sc2ccccn2)cc1. The first-order chi connectivity index (χ1) is 12.6. The van der Waals surface area contributed by atoms with E-state index in [1.807, 2.05) is 80.6 Å². The third-order valence-corrected chi connectivity index (χ3v) is 4.43. The zero-order valence-electron chi connectivity index (χ0n) is 14.7. The van der Waals surface area contributed by atoms with E-state index in [2.05, 4.69) is 10.3 Å². The summed E-state index contributed by atoms with van der Waals surface area (Å²) in [5.74, 6) is 0.498. The molecule has 5 heteroatoms. The Morgan fingerprint density at radius 1 is 1.00 bits per heavy atom. The van der Waals surface area contributed by atoms with Gasteiger partial charge in [0.25, 0.3) is 5.91 Å². The lowest BCUT2D eigenvalue weighted by Gasteiger charge is -2.14. The van der Waals surface area contributed by atoms with Crippen LogP contribution in [-0.4, -0.2) is 17.0 Å². The second-order valence-corrected chi connectivity index (χ2v) is 7.01. The molecule has 2 aromatic carbocycles. The first-order valence-corrected chi connectivity index (χ1v) is 9.19. The van der Waals surface area contributed by atoms with Gasteiger partial charge in [0.2, 0.25) is 0 Å². The number of benzene rings is 2. The van der Waals surface area contributed by atoms with E-state index < -0.39 is 0 Å². The monoisotopic (exact) mass is 364 g/mol. The van der Waals surface area contributed by atoms with Crippen molar-refractivity contribution in [1.29, 1.82) is 0 Å². The number of rotatable bonds is 6. The van der Waals surface area contributed by atoms with Gasteiger partial charge in [0.05, 0.1) is 11.8 Å². The van der Waals surface area contributed by atoms with Gasteiger partial charge < -0.3 is 10.1 Å². The minimum Gasteiger partial charge on any atom is -0.489 e. The average molecular weight is 364 g/mol. The molecule has 0 atom stereocenters. The number of aromatic nitrogens is 1. The number of amides is 1. The minimum atomic E-state index is -0.167. The second kappa shape index (κ2) is 8.54. The summed E-state index contributed by atoms with van der Waals surface area (Å²) in [5.41, 5.74) is 1.26. The number of nitrogens with one attached hydrogen (secondary N) is 1. The molecule has 1 N–H and O–H groups in total. The molecule has 0 aliphatic carbocycles. The topological polar surface area (TPSA) is 51.2 Å². The van der Waals surface area contributed by atoms with E-state index >= 15 is 0 Å². The molecular formula is C21H20N2O2S. The number of anilines is 1. The lowest BCUT2D eigenvalue weighted by molar-refractivity contribution is 0.102. The minimum absolute atomic E-state index is 0.0379. The van der Waals surface area contributed by atoms with Crippen LogP contribution in [0, 0.1) is 0 Å². The molecule has 3 rings (SSSR count). The molecule has 1 heterocycles. The molecule has 26 heavy (non-hydrogen) atoms. The molecule has 0 aliphatic heterocycles. The van der Waals surface area contributed by atoms with Crippen LogP contribution in [0.3, 0.4) is 0 Å². The Morgan fingerprint density at radius 2 is 1.73 bits per heavy atom. The third kappa shape index (κ3) is 4.86. The van der Waals surface area contributed by atoms with Crippen molar-refractivity contribution >= 4 is 23.4 Å². The van der Waals surface area contributed by atoms with Crippen molar-refractivity contribution in [2.75, 3.05) is 5.32 Å². The van der Waals surface area contributed by atoms with Gasteiger partial charge in [0.1, 0.15) is 10.8 Å². The molecule has 3 aromatic rings. The summed E-state index contributed by atoms with van der Waals surface area (Å²) in [6, 6.07) is 20.7. The lowest BCUT2D eigenvalue weighted by atomic mass is 10.2. The van der Waals surface area contributed by atoms with E-state index in [0.717, 1.165) is 9.92 Å². The van der Waals surface area contributed by atoms with Crippen LogP contribution >= 0.6 is 11.8 Å². The zero-order valence-corrected chi connectivity index (χ0v) is 15.5. The van der Waals surface area contributed by atoms with Crippen molar-refractivity contribution in [3.63, 3.8) is 0 Å². The molecule has 1 amide bonds. The van der Waals surface area contributed by atoms with Crippen molar-refractivity contribution in [2.24, 2.45) is 0 Å². The molecular weight excluding hydrogens is 344 g/mol. The fourth-order valence-corrected chi connectivity index (χ4v) is 3.10. The van der Waals surface area contributed by atoms with Crippen molar-refractivity contribution in [3.05, 3.63) is 78.5 Å². The van der Waals surface area contributed by atoms with Crippen molar-refractivity contribution < 1.29 is 9.53 Å². The Labute approximate surface area is 157 Å². The summed E-state index contributed by atoms with van der Waals surface area (Å²) in [4.78, 5) is 17.9. The van der Waals surface area contributed by atoms with Crippen molar-refractivity contribution in [2.45, 2.75) is 29.9 Å². The van der Waals surface area contributed by atoms with Crippen LogP contribution in [0.4, 0.5) is 5.69 Å². The number of nitrogens with zero attached hydrogens (tertiary/aromatic N) is 1. The Bertz CT molecular complexity index is 865. The van der Waals surface area contributed by atoms with Crippen LogP contribution in [0.2, 0.25) is 0 Å². The average Bonchev–Trinajstić information content (AvgIpc) is 2.64. The molecule has 4 nitrogen and oxygen atoms in total.